The van der Waals surface area contributed by atoms with Gasteiger partial charge < -0.3 is 4.90 Å². The van der Waals surface area contributed by atoms with E-state index in [2.05, 4.69) is 12.2 Å². The number of nitrogens with zero attached hydrogens (tertiary/aromatic N) is 2. The summed E-state index contributed by atoms with van der Waals surface area (Å²) < 4.78 is 0. The molecule has 3 rings (SSSR count). The maximum Gasteiger partial charge on any atom is 0.272 e. The van der Waals surface area contributed by atoms with Crippen LogP contribution < -0.4 is 5.32 Å². The van der Waals surface area contributed by atoms with E-state index < -0.39 is 0 Å². The fraction of sp³-hybridized carbons (Fsp3) is 0.533. The second kappa shape index (κ2) is 5.11. The Morgan fingerprint density at radius 3 is 2.76 bits per heavy atom. The van der Waals surface area contributed by atoms with E-state index in [1.165, 1.54) is 0 Å². The minimum atomic E-state index is -0.371. The third kappa shape index (κ3) is 2.51. The molecular formula is C15H19N3O3. The number of nitro groups is 1. The van der Waals surface area contributed by atoms with Crippen LogP contribution in [0.3, 0.4) is 0 Å². The molecule has 6 nitrogen and oxygen atoms in total. The second-order valence-electron chi connectivity index (χ2n) is 5.97. The Morgan fingerprint density at radius 1 is 1.43 bits per heavy atom. The summed E-state index contributed by atoms with van der Waals surface area (Å²) in [7, 11) is 0. The van der Waals surface area contributed by atoms with E-state index in [0.29, 0.717) is 18.0 Å². The van der Waals surface area contributed by atoms with Crippen molar-refractivity contribution in [3.8, 4) is 0 Å². The maximum atomic E-state index is 12.1. The first-order valence-electron chi connectivity index (χ1n) is 7.28. The van der Waals surface area contributed by atoms with E-state index >= 15 is 0 Å². The average molecular weight is 289 g/mol. The van der Waals surface area contributed by atoms with Gasteiger partial charge in [-0.25, -0.2) is 0 Å². The van der Waals surface area contributed by atoms with Crippen molar-refractivity contribution in [2.24, 2.45) is 5.92 Å². The molecule has 1 aliphatic carbocycles. The van der Waals surface area contributed by atoms with Crippen molar-refractivity contribution >= 4 is 11.6 Å². The van der Waals surface area contributed by atoms with E-state index in [9.17, 15) is 14.9 Å². The molecule has 2 atom stereocenters. The van der Waals surface area contributed by atoms with Gasteiger partial charge in [-0.2, -0.15) is 0 Å². The summed E-state index contributed by atoms with van der Waals surface area (Å²) in [4.78, 5) is 24.7. The first-order valence-corrected chi connectivity index (χ1v) is 7.28. The molecule has 1 heterocycles. The van der Waals surface area contributed by atoms with Crippen molar-refractivity contribution in [3.63, 3.8) is 0 Å². The van der Waals surface area contributed by atoms with Crippen LogP contribution >= 0.6 is 0 Å². The smallest absolute Gasteiger partial charge is 0.272 e. The van der Waals surface area contributed by atoms with Crippen LogP contribution in [-0.4, -0.2) is 28.3 Å². The lowest BCUT2D eigenvalue weighted by Crippen LogP contribution is -2.39. The van der Waals surface area contributed by atoms with E-state index in [1.54, 1.807) is 19.1 Å². The number of rotatable bonds is 4. The maximum absolute atomic E-state index is 12.1. The van der Waals surface area contributed by atoms with Crippen LogP contribution in [0.1, 0.15) is 37.1 Å². The molecular weight excluding hydrogens is 270 g/mol. The van der Waals surface area contributed by atoms with Crippen LogP contribution in [-0.2, 0) is 4.79 Å². The highest BCUT2D eigenvalue weighted by atomic mass is 16.6. The van der Waals surface area contributed by atoms with Gasteiger partial charge in [0.05, 0.1) is 11.5 Å². The summed E-state index contributed by atoms with van der Waals surface area (Å²) in [5.74, 6) is 0.638. The molecule has 1 aromatic rings. The number of aryl methyl sites for hydroxylation is 1. The number of nitrogens with one attached hydrogen (secondary N) is 1. The lowest BCUT2D eigenvalue weighted by atomic mass is 10.1. The minimum absolute atomic E-state index is 0.0719. The zero-order valence-corrected chi connectivity index (χ0v) is 12.2. The molecule has 2 aliphatic rings. The van der Waals surface area contributed by atoms with Crippen LogP contribution in [0.4, 0.5) is 5.69 Å². The highest BCUT2D eigenvalue weighted by Crippen LogP contribution is 2.39. The Kier molecular flexibility index (Phi) is 3.41. The van der Waals surface area contributed by atoms with Gasteiger partial charge in [-0.3, -0.25) is 20.2 Å². The van der Waals surface area contributed by atoms with Crippen molar-refractivity contribution < 1.29 is 9.72 Å². The van der Waals surface area contributed by atoms with Gasteiger partial charge in [-0.05, 0) is 38.2 Å². The quantitative estimate of drug-likeness (QED) is 0.680. The van der Waals surface area contributed by atoms with Crippen molar-refractivity contribution in [3.05, 3.63) is 39.4 Å². The van der Waals surface area contributed by atoms with Crippen LogP contribution in [0.15, 0.2) is 18.2 Å². The normalized spacial score (nSPS) is 23.4. The summed E-state index contributed by atoms with van der Waals surface area (Å²) in [6.45, 7) is 4.08. The third-order valence-corrected chi connectivity index (χ3v) is 4.50. The number of hydrogen-bond donors (Lipinski definition) is 1. The molecule has 0 spiro atoms. The number of benzene rings is 1. The summed E-state index contributed by atoms with van der Waals surface area (Å²) in [5.41, 5.74) is 1.52. The van der Waals surface area contributed by atoms with Crippen LogP contribution in [0.25, 0.3) is 0 Å². The van der Waals surface area contributed by atoms with E-state index in [1.807, 2.05) is 11.0 Å². The van der Waals surface area contributed by atoms with Gasteiger partial charge in [0.15, 0.2) is 0 Å². The van der Waals surface area contributed by atoms with Crippen molar-refractivity contribution in [2.45, 2.75) is 38.9 Å². The van der Waals surface area contributed by atoms with Gasteiger partial charge in [-0.1, -0.05) is 12.1 Å². The number of amides is 1. The van der Waals surface area contributed by atoms with Gasteiger partial charge in [0.2, 0.25) is 5.91 Å². The lowest BCUT2D eigenvalue weighted by Gasteiger charge is -2.30. The van der Waals surface area contributed by atoms with Gasteiger partial charge in [-0.15, -0.1) is 0 Å². The molecule has 0 aromatic heterocycles. The fourth-order valence-corrected chi connectivity index (χ4v) is 3.06. The fourth-order valence-electron chi connectivity index (χ4n) is 3.06. The molecule has 21 heavy (non-hydrogen) atoms. The number of nitro benzene ring substituents is 1. The van der Waals surface area contributed by atoms with Crippen LogP contribution in [0.2, 0.25) is 0 Å². The molecule has 0 radical (unpaired) electrons. The lowest BCUT2D eigenvalue weighted by molar-refractivity contribution is -0.385. The Bertz CT molecular complexity index is 598. The summed E-state index contributed by atoms with van der Waals surface area (Å²) in [5, 5.41) is 14.3. The number of carbonyl (C=O) groups excluding carboxylic acids is 1. The number of carbonyl (C=O) groups is 1. The highest BCUT2D eigenvalue weighted by molar-refractivity contribution is 5.81. The monoisotopic (exact) mass is 289 g/mol. The molecule has 1 saturated carbocycles. The van der Waals surface area contributed by atoms with Gasteiger partial charge in [0.1, 0.15) is 6.17 Å². The molecule has 1 saturated heterocycles. The van der Waals surface area contributed by atoms with Gasteiger partial charge in [0.25, 0.3) is 5.69 Å². The minimum Gasteiger partial charge on any atom is -0.319 e. The first kappa shape index (κ1) is 14.0. The van der Waals surface area contributed by atoms with Gasteiger partial charge >= 0.3 is 0 Å². The van der Waals surface area contributed by atoms with E-state index in [4.69, 9.17) is 0 Å². The molecule has 6 heteroatoms. The standard InChI is InChI=1S/C15H19N3O3/c1-9-3-4-12(7-13(9)18(20)21)15-16-8-14(19)17(15)10(2)11-5-6-11/h3-4,7,10-11,15-16H,5-6,8H2,1-2H3. The largest absolute Gasteiger partial charge is 0.319 e. The zero-order valence-electron chi connectivity index (χ0n) is 12.2. The predicted molar refractivity (Wildman–Crippen MR) is 77.6 cm³/mol. The molecule has 2 unspecified atom stereocenters. The van der Waals surface area contributed by atoms with Crippen LogP contribution in [0.5, 0.6) is 0 Å². The summed E-state index contributed by atoms with van der Waals surface area (Å²) >= 11 is 0. The number of hydrogen-bond acceptors (Lipinski definition) is 4. The SMILES string of the molecule is Cc1ccc(C2NCC(=O)N2C(C)C2CC2)cc1[N+](=O)[O-]. The van der Waals surface area contributed by atoms with Crippen LogP contribution in [0, 0.1) is 23.0 Å². The molecule has 1 aliphatic heterocycles. The Morgan fingerprint density at radius 2 is 2.14 bits per heavy atom. The third-order valence-electron chi connectivity index (χ3n) is 4.50. The van der Waals surface area contributed by atoms with E-state index in [-0.39, 0.29) is 28.7 Å². The van der Waals surface area contributed by atoms with Crippen molar-refractivity contribution in [1.29, 1.82) is 0 Å². The summed E-state index contributed by atoms with van der Waals surface area (Å²) in [6, 6.07) is 5.37. The molecule has 1 amide bonds. The Balaban J connectivity index is 1.93. The summed E-state index contributed by atoms with van der Waals surface area (Å²) in [6.07, 6.45) is 2.06. The van der Waals surface area contributed by atoms with E-state index in [0.717, 1.165) is 18.4 Å². The molecule has 0 bridgehead atoms. The Labute approximate surface area is 123 Å². The zero-order chi connectivity index (χ0) is 15.1. The van der Waals surface area contributed by atoms with Crippen molar-refractivity contribution in [1.82, 2.24) is 10.2 Å². The molecule has 2 fully saturated rings. The van der Waals surface area contributed by atoms with Gasteiger partial charge in [0, 0.05) is 17.7 Å². The van der Waals surface area contributed by atoms with Crippen molar-refractivity contribution in [2.75, 3.05) is 6.54 Å². The predicted octanol–water partition coefficient (Wildman–Crippen LogP) is 2.13. The molecule has 1 N–H and O–H groups in total. The first-order chi connectivity index (χ1) is 9.99. The molecule has 112 valence electrons. The second-order valence-corrected chi connectivity index (χ2v) is 5.97. The Hall–Kier alpha value is -1.95. The average Bonchev–Trinajstić information content (AvgIpc) is 3.22. The highest BCUT2D eigenvalue weighted by Gasteiger charge is 2.41. The topological polar surface area (TPSA) is 75.5 Å². The molecule has 1 aromatic carbocycles.